The Hall–Kier alpha value is -2.25. The van der Waals surface area contributed by atoms with E-state index >= 15 is 0 Å². The van der Waals surface area contributed by atoms with Gasteiger partial charge >= 0.3 is 6.36 Å². The highest BCUT2D eigenvalue weighted by atomic mass is 19.4. The zero-order chi connectivity index (χ0) is 13.2. The molecule has 2 rings (SSSR count). The third-order valence-electron chi connectivity index (χ3n) is 2.06. The van der Waals surface area contributed by atoms with Crippen LogP contribution in [0, 0.1) is 0 Å². The highest BCUT2D eigenvalue weighted by Gasteiger charge is 2.30. The van der Waals surface area contributed by atoms with Crippen molar-refractivity contribution in [3.63, 3.8) is 0 Å². The van der Waals surface area contributed by atoms with Gasteiger partial charge in [0, 0.05) is 0 Å². The van der Waals surface area contributed by atoms with E-state index in [9.17, 15) is 13.2 Å². The molecule has 0 atom stereocenters. The maximum Gasteiger partial charge on any atom is 0.573 e. The fraction of sp³-hybridized carbons (Fsp3) is 0.200. The van der Waals surface area contributed by atoms with Crippen LogP contribution in [0.15, 0.2) is 30.6 Å². The molecule has 8 heteroatoms. The van der Waals surface area contributed by atoms with Gasteiger partial charge in [-0.05, 0) is 17.7 Å². The standard InChI is InChI=1S/C10H9F3N4O/c11-10(12,13)18-8-3-1-7(2-4-8)5-17-6-15-9(14)16-17/h1-4,6H,5H2,(H2,14,16). The SMILES string of the molecule is Nc1ncn(Cc2ccc(OC(F)(F)F)cc2)n1. The summed E-state index contributed by atoms with van der Waals surface area (Å²) in [4.78, 5) is 3.73. The molecule has 0 saturated heterocycles. The summed E-state index contributed by atoms with van der Waals surface area (Å²) in [6, 6.07) is 5.50. The number of ether oxygens (including phenoxy) is 1. The quantitative estimate of drug-likeness (QED) is 0.911. The molecule has 0 spiro atoms. The van der Waals surface area contributed by atoms with Crippen molar-refractivity contribution in [1.82, 2.24) is 14.8 Å². The second kappa shape index (κ2) is 4.55. The van der Waals surface area contributed by atoms with Gasteiger partial charge in [0.2, 0.25) is 5.95 Å². The molecule has 0 bridgehead atoms. The van der Waals surface area contributed by atoms with E-state index < -0.39 is 6.36 Å². The highest BCUT2D eigenvalue weighted by molar-refractivity contribution is 5.27. The van der Waals surface area contributed by atoms with Crippen LogP contribution in [-0.2, 0) is 6.54 Å². The summed E-state index contributed by atoms with van der Waals surface area (Å²) < 4.78 is 41.0. The Labute approximate surface area is 100.0 Å². The van der Waals surface area contributed by atoms with Gasteiger partial charge in [0.15, 0.2) is 0 Å². The molecule has 1 heterocycles. The van der Waals surface area contributed by atoms with Gasteiger partial charge in [-0.2, -0.15) is 0 Å². The molecule has 0 amide bonds. The van der Waals surface area contributed by atoms with Gasteiger partial charge in [-0.3, -0.25) is 0 Å². The smallest absolute Gasteiger partial charge is 0.406 e. The molecule has 2 aromatic rings. The van der Waals surface area contributed by atoms with Crippen molar-refractivity contribution in [2.75, 3.05) is 5.73 Å². The van der Waals surface area contributed by atoms with Crippen LogP contribution in [-0.4, -0.2) is 21.1 Å². The number of rotatable bonds is 3. The van der Waals surface area contributed by atoms with Crippen LogP contribution in [0.2, 0.25) is 0 Å². The predicted molar refractivity (Wildman–Crippen MR) is 56.7 cm³/mol. The van der Waals surface area contributed by atoms with Gasteiger partial charge in [-0.25, -0.2) is 9.67 Å². The first kappa shape index (κ1) is 12.2. The molecule has 1 aromatic carbocycles. The lowest BCUT2D eigenvalue weighted by Crippen LogP contribution is -2.17. The molecule has 1 aromatic heterocycles. The van der Waals surface area contributed by atoms with E-state index in [1.54, 1.807) is 0 Å². The maximum atomic E-state index is 11.9. The molecule has 0 saturated carbocycles. The summed E-state index contributed by atoms with van der Waals surface area (Å²) in [7, 11) is 0. The molecule has 0 radical (unpaired) electrons. The topological polar surface area (TPSA) is 66.0 Å². The maximum absolute atomic E-state index is 11.9. The second-order valence-electron chi connectivity index (χ2n) is 3.49. The van der Waals surface area contributed by atoms with Gasteiger partial charge < -0.3 is 10.5 Å². The second-order valence-corrected chi connectivity index (χ2v) is 3.49. The lowest BCUT2D eigenvalue weighted by atomic mass is 10.2. The van der Waals surface area contributed by atoms with Gasteiger partial charge in [0.1, 0.15) is 12.1 Å². The number of nitrogens with zero attached hydrogens (tertiary/aromatic N) is 3. The van der Waals surface area contributed by atoms with Crippen molar-refractivity contribution in [2.45, 2.75) is 12.9 Å². The summed E-state index contributed by atoms with van der Waals surface area (Å²) in [5.74, 6) is -0.114. The number of nitrogen functional groups attached to an aromatic ring is 1. The Morgan fingerprint density at radius 3 is 2.39 bits per heavy atom. The summed E-state index contributed by atoms with van der Waals surface area (Å²) >= 11 is 0. The minimum atomic E-state index is -4.68. The van der Waals surface area contributed by atoms with Crippen LogP contribution in [0.3, 0.4) is 0 Å². The van der Waals surface area contributed by atoms with Crippen molar-refractivity contribution in [2.24, 2.45) is 0 Å². The minimum absolute atomic E-state index is 0.145. The van der Waals surface area contributed by atoms with Crippen LogP contribution in [0.4, 0.5) is 19.1 Å². The van der Waals surface area contributed by atoms with Crippen molar-refractivity contribution in [3.05, 3.63) is 36.2 Å². The van der Waals surface area contributed by atoms with Crippen LogP contribution in [0.25, 0.3) is 0 Å². The molecule has 18 heavy (non-hydrogen) atoms. The van der Waals surface area contributed by atoms with Crippen molar-refractivity contribution in [3.8, 4) is 5.75 Å². The molecular weight excluding hydrogens is 249 g/mol. The summed E-state index contributed by atoms with van der Waals surface area (Å²) in [6.45, 7) is 0.372. The molecule has 96 valence electrons. The van der Waals surface area contributed by atoms with E-state index in [1.807, 2.05) is 0 Å². The van der Waals surface area contributed by atoms with E-state index in [0.29, 0.717) is 6.54 Å². The molecule has 0 aliphatic carbocycles. The molecule has 0 fully saturated rings. The van der Waals surface area contributed by atoms with E-state index in [1.165, 1.54) is 35.3 Å². The van der Waals surface area contributed by atoms with Crippen LogP contribution in [0.1, 0.15) is 5.56 Å². The Morgan fingerprint density at radius 1 is 1.22 bits per heavy atom. The number of aromatic nitrogens is 3. The van der Waals surface area contributed by atoms with E-state index in [2.05, 4.69) is 14.8 Å². The first-order chi connectivity index (χ1) is 8.42. The Balaban J connectivity index is 2.04. The van der Waals surface area contributed by atoms with Crippen molar-refractivity contribution in [1.29, 1.82) is 0 Å². The van der Waals surface area contributed by atoms with Crippen LogP contribution in [0.5, 0.6) is 5.75 Å². The van der Waals surface area contributed by atoms with E-state index in [-0.39, 0.29) is 11.7 Å². The zero-order valence-electron chi connectivity index (χ0n) is 9.05. The number of alkyl halides is 3. The van der Waals surface area contributed by atoms with Crippen molar-refractivity contribution < 1.29 is 17.9 Å². The Morgan fingerprint density at radius 2 is 1.89 bits per heavy atom. The third-order valence-corrected chi connectivity index (χ3v) is 2.06. The highest BCUT2D eigenvalue weighted by Crippen LogP contribution is 2.22. The predicted octanol–water partition coefficient (Wildman–Crippen LogP) is 1.81. The fourth-order valence-corrected chi connectivity index (χ4v) is 1.37. The largest absolute Gasteiger partial charge is 0.573 e. The Bertz CT molecular complexity index is 521. The van der Waals surface area contributed by atoms with E-state index in [0.717, 1.165) is 5.56 Å². The first-order valence-corrected chi connectivity index (χ1v) is 4.92. The molecule has 0 aliphatic heterocycles. The van der Waals surface area contributed by atoms with E-state index in [4.69, 9.17) is 5.73 Å². The fourth-order valence-electron chi connectivity index (χ4n) is 1.37. The van der Waals surface area contributed by atoms with Gasteiger partial charge in [0.25, 0.3) is 0 Å². The summed E-state index contributed by atoms with van der Waals surface area (Å²) in [6.07, 6.45) is -3.24. The monoisotopic (exact) mass is 258 g/mol. The van der Waals surface area contributed by atoms with Crippen molar-refractivity contribution >= 4 is 5.95 Å². The summed E-state index contributed by atoms with van der Waals surface area (Å²) in [5, 5.41) is 3.86. The molecular formula is C10H9F3N4O. The number of halogens is 3. The van der Waals surface area contributed by atoms with Gasteiger partial charge in [-0.1, -0.05) is 12.1 Å². The summed E-state index contributed by atoms with van der Waals surface area (Å²) in [5.41, 5.74) is 6.10. The van der Waals surface area contributed by atoms with Crippen LogP contribution < -0.4 is 10.5 Å². The van der Waals surface area contributed by atoms with Crippen LogP contribution >= 0.6 is 0 Å². The van der Waals surface area contributed by atoms with Gasteiger partial charge in [-0.15, -0.1) is 18.3 Å². The minimum Gasteiger partial charge on any atom is -0.406 e. The molecule has 0 aliphatic rings. The number of anilines is 1. The normalized spacial score (nSPS) is 11.5. The zero-order valence-corrected chi connectivity index (χ0v) is 9.05. The molecule has 2 N–H and O–H groups in total. The number of hydrogen-bond donors (Lipinski definition) is 1. The Kier molecular flexibility index (Phi) is 3.09. The molecule has 0 unspecified atom stereocenters. The lowest BCUT2D eigenvalue weighted by Gasteiger charge is -2.09. The van der Waals surface area contributed by atoms with Gasteiger partial charge in [0.05, 0.1) is 6.54 Å². The number of hydrogen-bond acceptors (Lipinski definition) is 4. The third kappa shape index (κ3) is 3.37. The number of benzene rings is 1. The number of nitrogens with two attached hydrogens (primary N) is 1. The average molecular weight is 258 g/mol. The molecule has 5 nitrogen and oxygen atoms in total. The lowest BCUT2D eigenvalue weighted by molar-refractivity contribution is -0.274. The first-order valence-electron chi connectivity index (χ1n) is 4.92. The average Bonchev–Trinajstić information content (AvgIpc) is 2.65.